The summed E-state index contributed by atoms with van der Waals surface area (Å²) in [6.07, 6.45) is 7.39. The van der Waals surface area contributed by atoms with E-state index >= 15 is 0 Å². The highest BCUT2D eigenvalue weighted by atomic mass is 15.0. The molecule has 0 aromatic carbocycles. The molecule has 3 nitrogen and oxygen atoms in total. The van der Waals surface area contributed by atoms with E-state index in [1.54, 1.807) is 0 Å². The van der Waals surface area contributed by atoms with Gasteiger partial charge in [0.25, 0.3) is 0 Å². The predicted molar refractivity (Wildman–Crippen MR) is 76.5 cm³/mol. The Morgan fingerprint density at radius 2 is 1.94 bits per heavy atom. The summed E-state index contributed by atoms with van der Waals surface area (Å²) in [4.78, 5) is 7.55. The van der Waals surface area contributed by atoms with E-state index in [9.17, 15) is 0 Å². The molecule has 2 heterocycles. The Kier molecular flexibility index (Phi) is 4.02. The summed E-state index contributed by atoms with van der Waals surface area (Å²) in [5, 5.41) is 4.95. The monoisotopic (exact) mass is 245 g/mol. The zero-order chi connectivity index (χ0) is 13.0. The maximum absolute atomic E-state index is 4.32. The first kappa shape index (κ1) is 13.1. The number of H-pyrrole nitrogens is 1. The van der Waals surface area contributed by atoms with E-state index in [1.807, 2.05) is 12.3 Å². The van der Waals surface area contributed by atoms with Gasteiger partial charge in [0.2, 0.25) is 0 Å². The largest absolute Gasteiger partial charge is 0.346 e. The Hall–Kier alpha value is -1.35. The molecule has 0 unspecified atom stereocenters. The van der Waals surface area contributed by atoms with Crippen molar-refractivity contribution in [1.29, 1.82) is 0 Å². The van der Waals surface area contributed by atoms with Crippen molar-refractivity contribution in [2.45, 2.75) is 52.1 Å². The predicted octanol–water partition coefficient (Wildman–Crippen LogP) is 3.62. The Labute approximate surface area is 109 Å². The van der Waals surface area contributed by atoms with Gasteiger partial charge in [-0.1, -0.05) is 20.8 Å². The molecule has 0 saturated heterocycles. The van der Waals surface area contributed by atoms with Crippen molar-refractivity contribution in [3.8, 4) is 0 Å². The summed E-state index contributed by atoms with van der Waals surface area (Å²) in [6, 6.07) is 4.12. The molecule has 0 bridgehead atoms. The van der Waals surface area contributed by atoms with Crippen LogP contribution >= 0.6 is 0 Å². The number of hydrogen-bond donors (Lipinski definition) is 2. The zero-order valence-corrected chi connectivity index (χ0v) is 11.6. The topological polar surface area (TPSA) is 40.7 Å². The maximum Gasteiger partial charge on any atom is 0.137 e. The van der Waals surface area contributed by atoms with Gasteiger partial charge in [-0.05, 0) is 37.0 Å². The van der Waals surface area contributed by atoms with Crippen LogP contribution in [0.1, 0.15) is 45.6 Å². The summed E-state index contributed by atoms with van der Waals surface area (Å²) in [5.41, 5.74) is 2.55. The lowest BCUT2D eigenvalue weighted by Gasteiger charge is -2.32. The fourth-order valence-electron chi connectivity index (χ4n) is 2.57. The molecule has 0 spiro atoms. The van der Waals surface area contributed by atoms with Crippen LogP contribution in [0.3, 0.4) is 0 Å². The quantitative estimate of drug-likeness (QED) is 0.816. The van der Waals surface area contributed by atoms with Crippen molar-refractivity contribution in [1.82, 2.24) is 15.3 Å². The standard InChI is InChI=1S/C15H23N3/c1-4-15(5-2,6-3)18-11-12-10-17-14-13(12)8-7-9-16-14/h7-10,18H,4-6,11H2,1-3H3,(H,16,17). The highest BCUT2D eigenvalue weighted by Crippen LogP contribution is 2.22. The van der Waals surface area contributed by atoms with Crippen molar-refractivity contribution >= 4 is 11.0 Å². The van der Waals surface area contributed by atoms with E-state index in [4.69, 9.17) is 0 Å². The first-order valence-electron chi connectivity index (χ1n) is 6.90. The van der Waals surface area contributed by atoms with Gasteiger partial charge in [0, 0.05) is 29.9 Å². The number of aromatic amines is 1. The molecule has 18 heavy (non-hydrogen) atoms. The molecule has 0 aliphatic heterocycles. The molecule has 2 N–H and O–H groups in total. The number of hydrogen-bond acceptors (Lipinski definition) is 2. The van der Waals surface area contributed by atoms with Crippen molar-refractivity contribution in [3.63, 3.8) is 0 Å². The number of aromatic nitrogens is 2. The van der Waals surface area contributed by atoms with Gasteiger partial charge < -0.3 is 10.3 Å². The Bertz CT molecular complexity index is 489. The first-order chi connectivity index (χ1) is 8.74. The second kappa shape index (κ2) is 5.53. The average Bonchev–Trinajstić information content (AvgIpc) is 2.85. The molecule has 0 amide bonds. The lowest BCUT2D eigenvalue weighted by molar-refractivity contribution is 0.288. The SMILES string of the molecule is CCC(CC)(CC)NCc1c[nH]c2ncccc12. The Morgan fingerprint density at radius 3 is 2.61 bits per heavy atom. The second-order valence-corrected chi connectivity index (χ2v) is 4.91. The molecular weight excluding hydrogens is 222 g/mol. The van der Waals surface area contributed by atoms with Crippen LogP contribution in [-0.2, 0) is 6.54 Å². The molecule has 2 aromatic rings. The van der Waals surface area contributed by atoms with E-state index in [-0.39, 0.29) is 5.54 Å². The van der Waals surface area contributed by atoms with Crippen LogP contribution in [0.2, 0.25) is 0 Å². The van der Waals surface area contributed by atoms with Crippen molar-refractivity contribution in [2.75, 3.05) is 0 Å². The molecule has 0 aliphatic carbocycles. The van der Waals surface area contributed by atoms with Crippen molar-refractivity contribution in [2.24, 2.45) is 0 Å². The normalized spacial score (nSPS) is 12.2. The summed E-state index contributed by atoms with van der Waals surface area (Å²) >= 11 is 0. The molecular formula is C15H23N3. The van der Waals surface area contributed by atoms with Crippen LogP contribution in [-0.4, -0.2) is 15.5 Å². The molecule has 0 atom stereocenters. The number of nitrogens with zero attached hydrogens (tertiary/aromatic N) is 1. The summed E-state index contributed by atoms with van der Waals surface area (Å²) < 4.78 is 0. The first-order valence-corrected chi connectivity index (χ1v) is 6.90. The van der Waals surface area contributed by atoms with Crippen LogP contribution in [0.25, 0.3) is 11.0 Å². The van der Waals surface area contributed by atoms with Crippen molar-refractivity contribution < 1.29 is 0 Å². The Morgan fingerprint density at radius 1 is 1.22 bits per heavy atom. The fourth-order valence-corrected chi connectivity index (χ4v) is 2.57. The minimum absolute atomic E-state index is 0.270. The van der Waals surface area contributed by atoms with E-state index in [0.29, 0.717) is 0 Å². The van der Waals surface area contributed by atoms with Gasteiger partial charge >= 0.3 is 0 Å². The number of fused-ring (bicyclic) bond motifs is 1. The van der Waals surface area contributed by atoms with Gasteiger partial charge in [-0.25, -0.2) is 4.98 Å². The third-order valence-corrected chi connectivity index (χ3v) is 4.22. The fraction of sp³-hybridized carbons (Fsp3) is 0.533. The van der Waals surface area contributed by atoms with Gasteiger partial charge in [-0.15, -0.1) is 0 Å². The molecule has 3 heteroatoms. The van der Waals surface area contributed by atoms with Gasteiger partial charge in [-0.2, -0.15) is 0 Å². The summed E-state index contributed by atoms with van der Waals surface area (Å²) in [7, 11) is 0. The van der Waals surface area contributed by atoms with Crippen LogP contribution in [0.5, 0.6) is 0 Å². The molecule has 2 aromatic heterocycles. The number of rotatable bonds is 6. The Balaban J connectivity index is 2.14. The van der Waals surface area contributed by atoms with Gasteiger partial charge in [0.15, 0.2) is 0 Å². The van der Waals surface area contributed by atoms with Crippen LogP contribution in [0, 0.1) is 0 Å². The highest BCUT2D eigenvalue weighted by Gasteiger charge is 2.22. The molecule has 98 valence electrons. The molecule has 2 rings (SSSR count). The van der Waals surface area contributed by atoms with Crippen molar-refractivity contribution in [3.05, 3.63) is 30.1 Å². The van der Waals surface area contributed by atoms with E-state index in [0.717, 1.165) is 12.2 Å². The zero-order valence-electron chi connectivity index (χ0n) is 11.6. The molecule has 0 aliphatic rings. The summed E-state index contributed by atoms with van der Waals surface area (Å²) in [6.45, 7) is 7.69. The molecule has 0 saturated carbocycles. The second-order valence-electron chi connectivity index (χ2n) is 4.91. The van der Waals surface area contributed by atoms with Crippen LogP contribution in [0.4, 0.5) is 0 Å². The van der Waals surface area contributed by atoms with E-state index < -0.39 is 0 Å². The van der Waals surface area contributed by atoms with E-state index in [2.05, 4.69) is 48.3 Å². The van der Waals surface area contributed by atoms with Gasteiger partial charge in [0.05, 0.1) is 0 Å². The van der Waals surface area contributed by atoms with Crippen LogP contribution in [0.15, 0.2) is 24.5 Å². The van der Waals surface area contributed by atoms with E-state index in [1.165, 1.54) is 30.2 Å². The van der Waals surface area contributed by atoms with Crippen LogP contribution < -0.4 is 5.32 Å². The maximum atomic E-state index is 4.32. The lowest BCUT2D eigenvalue weighted by Crippen LogP contribution is -2.43. The molecule has 0 fully saturated rings. The third-order valence-electron chi connectivity index (χ3n) is 4.22. The minimum Gasteiger partial charge on any atom is -0.346 e. The molecule has 0 radical (unpaired) electrons. The smallest absolute Gasteiger partial charge is 0.137 e. The highest BCUT2D eigenvalue weighted by molar-refractivity contribution is 5.79. The van der Waals surface area contributed by atoms with Gasteiger partial charge in [0.1, 0.15) is 5.65 Å². The number of nitrogens with one attached hydrogen (secondary N) is 2. The summed E-state index contributed by atoms with van der Waals surface area (Å²) in [5.74, 6) is 0. The minimum atomic E-state index is 0.270. The van der Waals surface area contributed by atoms with Gasteiger partial charge in [-0.3, -0.25) is 0 Å². The number of pyridine rings is 1. The average molecular weight is 245 g/mol. The lowest BCUT2D eigenvalue weighted by atomic mass is 9.89. The third kappa shape index (κ3) is 2.41.